The van der Waals surface area contributed by atoms with Crippen LogP contribution >= 0.6 is 0 Å². The molecule has 0 spiro atoms. The quantitative estimate of drug-likeness (QED) is 0.638. The van der Waals surface area contributed by atoms with E-state index in [1.165, 1.54) is 0 Å². The molecule has 0 saturated heterocycles. The first kappa shape index (κ1) is 8.74. The Kier molecular flexibility index (Phi) is 2.18. The molecule has 0 saturated carbocycles. The molecule has 1 aromatic heterocycles. The first-order valence-electron chi connectivity index (χ1n) is 4.31. The van der Waals surface area contributed by atoms with Crippen LogP contribution in [0.1, 0.15) is 16.9 Å². The zero-order valence-corrected chi connectivity index (χ0v) is 7.51. The maximum absolute atomic E-state index is 11.7. The standard InChI is InChI=1S/C8H10N4O2/c9-7-6(10-14-11-7)8(13)12-4-2-1-3-5-12/h1-2H,3-5H2,(H2,9,11). The number of hydrogen-bond donors (Lipinski definition) is 1. The third-order valence-corrected chi connectivity index (χ3v) is 2.06. The molecular formula is C8H10N4O2. The molecule has 2 rings (SSSR count). The van der Waals surface area contributed by atoms with E-state index in [1.54, 1.807) is 4.90 Å². The molecule has 0 fully saturated rings. The van der Waals surface area contributed by atoms with Crippen molar-refractivity contribution in [1.82, 2.24) is 15.2 Å². The van der Waals surface area contributed by atoms with Crippen LogP contribution in [-0.2, 0) is 0 Å². The number of hydrogen-bond acceptors (Lipinski definition) is 5. The molecule has 0 radical (unpaired) electrons. The highest BCUT2D eigenvalue weighted by Crippen LogP contribution is 2.11. The number of nitrogens with zero attached hydrogens (tertiary/aromatic N) is 3. The Balaban J connectivity index is 2.16. The Labute approximate surface area is 80.3 Å². The molecule has 6 nitrogen and oxygen atoms in total. The van der Waals surface area contributed by atoms with E-state index in [9.17, 15) is 4.79 Å². The first-order valence-corrected chi connectivity index (χ1v) is 4.31. The van der Waals surface area contributed by atoms with E-state index in [1.807, 2.05) is 12.2 Å². The van der Waals surface area contributed by atoms with Crippen molar-refractivity contribution >= 4 is 11.7 Å². The predicted octanol–water partition coefficient (Wildman–Crippen LogP) is 0.0539. The van der Waals surface area contributed by atoms with E-state index in [-0.39, 0.29) is 17.4 Å². The van der Waals surface area contributed by atoms with Crippen LogP contribution in [0.15, 0.2) is 16.8 Å². The van der Waals surface area contributed by atoms with Crippen molar-refractivity contribution in [2.24, 2.45) is 0 Å². The van der Waals surface area contributed by atoms with E-state index in [4.69, 9.17) is 5.73 Å². The summed E-state index contributed by atoms with van der Waals surface area (Å²) in [6.45, 7) is 1.27. The van der Waals surface area contributed by atoms with E-state index < -0.39 is 0 Å². The van der Waals surface area contributed by atoms with Crippen LogP contribution < -0.4 is 5.73 Å². The van der Waals surface area contributed by atoms with Crippen molar-refractivity contribution < 1.29 is 9.42 Å². The van der Waals surface area contributed by atoms with Crippen molar-refractivity contribution in [1.29, 1.82) is 0 Å². The minimum absolute atomic E-state index is 0.0459. The lowest BCUT2D eigenvalue weighted by Gasteiger charge is -2.21. The van der Waals surface area contributed by atoms with Crippen LogP contribution in [0.5, 0.6) is 0 Å². The molecule has 0 aliphatic carbocycles. The second kappa shape index (κ2) is 3.49. The summed E-state index contributed by atoms with van der Waals surface area (Å²) in [5.74, 6) is -0.183. The number of carbonyl (C=O) groups excluding carboxylic acids is 1. The normalized spacial score (nSPS) is 15.9. The highest BCUT2D eigenvalue weighted by molar-refractivity contribution is 5.96. The van der Waals surface area contributed by atoms with Crippen LogP contribution in [0.3, 0.4) is 0 Å². The van der Waals surface area contributed by atoms with Crippen molar-refractivity contribution in [2.45, 2.75) is 6.42 Å². The van der Waals surface area contributed by atoms with Gasteiger partial charge in [-0.15, -0.1) is 0 Å². The summed E-state index contributed by atoms with van der Waals surface area (Å²) in [5, 5.41) is 6.82. The second-order valence-electron chi connectivity index (χ2n) is 3.01. The lowest BCUT2D eigenvalue weighted by Crippen LogP contribution is -2.34. The molecule has 0 unspecified atom stereocenters. The third-order valence-electron chi connectivity index (χ3n) is 2.06. The summed E-state index contributed by atoms with van der Waals surface area (Å²) >= 11 is 0. The molecule has 1 amide bonds. The Morgan fingerprint density at radius 1 is 1.50 bits per heavy atom. The van der Waals surface area contributed by atoms with Gasteiger partial charge in [0.15, 0.2) is 0 Å². The first-order chi connectivity index (χ1) is 6.79. The maximum Gasteiger partial charge on any atom is 0.280 e. The van der Waals surface area contributed by atoms with Gasteiger partial charge in [0.2, 0.25) is 11.5 Å². The van der Waals surface area contributed by atoms with E-state index in [0.717, 1.165) is 6.42 Å². The molecule has 74 valence electrons. The highest BCUT2D eigenvalue weighted by atomic mass is 16.6. The molecule has 14 heavy (non-hydrogen) atoms. The molecule has 1 aromatic rings. The zero-order chi connectivity index (χ0) is 9.97. The lowest BCUT2D eigenvalue weighted by molar-refractivity contribution is 0.0760. The number of nitrogens with two attached hydrogens (primary N) is 1. The Hall–Kier alpha value is -1.85. The van der Waals surface area contributed by atoms with Gasteiger partial charge in [0.05, 0.1) is 0 Å². The Morgan fingerprint density at radius 2 is 2.36 bits per heavy atom. The smallest absolute Gasteiger partial charge is 0.280 e. The Bertz CT molecular complexity index is 371. The van der Waals surface area contributed by atoms with Crippen LogP contribution in [0, 0.1) is 0 Å². The van der Waals surface area contributed by atoms with E-state index in [0.29, 0.717) is 13.1 Å². The van der Waals surface area contributed by atoms with Gasteiger partial charge < -0.3 is 10.6 Å². The van der Waals surface area contributed by atoms with Gasteiger partial charge >= 0.3 is 0 Å². The van der Waals surface area contributed by atoms with Crippen molar-refractivity contribution in [3.63, 3.8) is 0 Å². The molecule has 6 heteroatoms. The van der Waals surface area contributed by atoms with Gasteiger partial charge in [0.25, 0.3) is 5.91 Å². The molecule has 1 aliphatic rings. The number of nitrogen functional groups attached to an aromatic ring is 1. The molecule has 0 bridgehead atoms. The molecule has 0 aromatic carbocycles. The fourth-order valence-corrected chi connectivity index (χ4v) is 1.32. The van der Waals surface area contributed by atoms with Gasteiger partial charge in [-0.3, -0.25) is 4.79 Å². The average Bonchev–Trinajstić information content (AvgIpc) is 2.65. The highest BCUT2D eigenvalue weighted by Gasteiger charge is 2.22. The van der Waals surface area contributed by atoms with Crippen LogP contribution in [0.25, 0.3) is 0 Å². The second-order valence-corrected chi connectivity index (χ2v) is 3.01. The number of amides is 1. The fourth-order valence-electron chi connectivity index (χ4n) is 1.32. The largest absolute Gasteiger partial charge is 0.379 e. The minimum Gasteiger partial charge on any atom is -0.379 e. The van der Waals surface area contributed by atoms with Crippen LogP contribution in [0.2, 0.25) is 0 Å². The molecule has 1 aliphatic heterocycles. The van der Waals surface area contributed by atoms with Crippen LogP contribution in [-0.4, -0.2) is 34.2 Å². The number of carbonyl (C=O) groups is 1. The van der Waals surface area contributed by atoms with Crippen molar-refractivity contribution in [2.75, 3.05) is 18.8 Å². The summed E-state index contributed by atoms with van der Waals surface area (Å²) < 4.78 is 4.37. The molecule has 2 N–H and O–H groups in total. The van der Waals surface area contributed by atoms with E-state index in [2.05, 4.69) is 14.9 Å². The average molecular weight is 194 g/mol. The van der Waals surface area contributed by atoms with Gasteiger partial charge in [-0.25, -0.2) is 4.63 Å². The third kappa shape index (κ3) is 1.46. The Morgan fingerprint density at radius 3 is 2.93 bits per heavy atom. The monoisotopic (exact) mass is 194 g/mol. The van der Waals surface area contributed by atoms with Gasteiger partial charge in [-0.1, -0.05) is 12.2 Å². The van der Waals surface area contributed by atoms with Crippen molar-refractivity contribution in [3.8, 4) is 0 Å². The summed E-state index contributed by atoms with van der Waals surface area (Å²) in [6.07, 6.45) is 4.83. The molecule has 2 heterocycles. The number of aromatic nitrogens is 2. The van der Waals surface area contributed by atoms with E-state index >= 15 is 0 Å². The van der Waals surface area contributed by atoms with Gasteiger partial charge in [-0.05, 0) is 16.7 Å². The number of anilines is 1. The zero-order valence-electron chi connectivity index (χ0n) is 7.51. The summed E-state index contributed by atoms with van der Waals surface area (Å²) in [4.78, 5) is 13.4. The van der Waals surface area contributed by atoms with Gasteiger partial charge in [0.1, 0.15) is 0 Å². The SMILES string of the molecule is Nc1nonc1C(=O)N1CC=CCC1. The summed E-state index contributed by atoms with van der Waals surface area (Å²) in [5.41, 5.74) is 5.51. The maximum atomic E-state index is 11.7. The minimum atomic E-state index is -0.229. The van der Waals surface area contributed by atoms with Gasteiger partial charge in [-0.2, -0.15) is 0 Å². The van der Waals surface area contributed by atoms with Crippen molar-refractivity contribution in [3.05, 3.63) is 17.8 Å². The van der Waals surface area contributed by atoms with Crippen LogP contribution in [0.4, 0.5) is 5.82 Å². The van der Waals surface area contributed by atoms with Gasteiger partial charge in [0, 0.05) is 13.1 Å². The lowest BCUT2D eigenvalue weighted by atomic mass is 10.2. The summed E-state index contributed by atoms with van der Waals surface area (Å²) in [7, 11) is 0. The number of rotatable bonds is 1. The predicted molar refractivity (Wildman–Crippen MR) is 48.4 cm³/mol. The topological polar surface area (TPSA) is 85.2 Å². The molecule has 0 atom stereocenters. The molecular weight excluding hydrogens is 184 g/mol. The summed E-state index contributed by atoms with van der Waals surface area (Å²) in [6, 6.07) is 0. The fraction of sp³-hybridized carbons (Fsp3) is 0.375.